The molecule has 2 aliphatic heterocycles. The second-order valence-corrected chi connectivity index (χ2v) is 7.88. The normalized spacial score (nSPS) is 24.5. The second-order valence-electron chi connectivity index (χ2n) is 7.10. The lowest BCUT2D eigenvalue weighted by Gasteiger charge is -2.20. The Morgan fingerprint density at radius 1 is 1.27 bits per heavy atom. The first-order valence-electron chi connectivity index (χ1n) is 8.90. The molecule has 5 nitrogen and oxygen atoms in total. The Morgan fingerprint density at radius 2 is 2.15 bits per heavy atom. The van der Waals surface area contributed by atoms with E-state index in [-0.39, 0.29) is 29.8 Å². The van der Waals surface area contributed by atoms with Crippen LogP contribution < -0.4 is 5.32 Å². The molecule has 136 valence electrons. The van der Waals surface area contributed by atoms with E-state index < -0.39 is 0 Å². The van der Waals surface area contributed by atoms with Crippen LogP contribution in [0.1, 0.15) is 26.3 Å². The molecule has 0 bridgehead atoms. The largest absolute Gasteiger partial charge is 0.376 e. The van der Waals surface area contributed by atoms with E-state index in [1.807, 2.05) is 52.9 Å². The number of ether oxygens (including phenoxy) is 1. The summed E-state index contributed by atoms with van der Waals surface area (Å²) >= 11 is 1.51. The van der Waals surface area contributed by atoms with Crippen LogP contribution >= 0.6 is 11.3 Å². The minimum Gasteiger partial charge on any atom is -0.376 e. The van der Waals surface area contributed by atoms with E-state index in [0.29, 0.717) is 31.8 Å². The monoisotopic (exact) mass is 370 g/mol. The average molecular weight is 370 g/mol. The highest BCUT2D eigenvalue weighted by Crippen LogP contribution is 2.34. The quantitative estimate of drug-likeness (QED) is 0.900. The van der Waals surface area contributed by atoms with Gasteiger partial charge in [0, 0.05) is 48.0 Å². The molecular formula is C20H22N2O3S. The summed E-state index contributed by atoms with van der Waals surface area (Å²) in [5.74, 6) is 0.553. The molecule has 0 radical (unpaired) electrons. The van der Waals surface area contributed by atoms with E-state index in [0.717, 1.165) is 11.1 Å². The first kappa shape index (κ1) is 17.2. The Morgan fingerprint density at radius 3 is 2.92 bits per heavy atom. The zero-order valence-corrected chi connectivity index (χ0v) is 15.5. The molecule has 4 rings (SSSR count). The van der Waals surface area contributed by atoms with Gasteiger partial charge in [-0.05, 0) is 30.5 Å². The zero-order chi connectivity index (χ0) is 18.1. The van der Waals surface area contributed by atoms with E-state index in [1.54, 1.807) is 0 Å². The van der Waals surface area contributed by atoms with Crippen LogP contribution in [-0.4, -0.2) is 49.1 Å². The maximum atomic E-state index is 12.8. The molecule has 2 aromatic rings. The Bertz CT molecular complexity index is 805. The minimum atomic E-state index is -0.0413. The Kier molecular flexibility index (Phi) is 4.78. The maximum Gasteiger partial charge on any atom is 0.253 e. The van der Waals surface area contributed by atoms with Crippen molar-refractivity contribution in [2.24, 2.45) is 11.8 Å². The van der Waals surface area contributed by atoms with Gasteiger partial charge in [0.15, 0.2) is 0 Å². The van der Waals surface area contributed by atoms with Gasteiger partial charge in [-0.15, -0.1) is 0 Å². The summed E-state index contributed by atoms with van der Waals surface area (Å²) in [7, 11) is 0. The summed E-state index contributed by atoms with van der Waals surface area (Å²) in [4.78, 5) is 26.8. The van der Waals surface area contributed by atoms with E-state index in [1.165, 1.54) is 11.3 Å². The van der Waals surface area contributed by atoms with Crippen molar-refractivity contribution in [2.45, 2.75) is 13.0 Å². The summed E-state index contributed by atoms with van der Waals surface area (Å²) < 4.78 is 5.91. The van der Waals surface area contributed by atoms with Gasteiger partial charge in [-0.2, -0.15) is 11.3 Å². The third-order valence-electron chi connectivity index (χ3n) is 5.30. The number of nitrogens with one attached hydrogen (secondary N) is 1. The molecule has 0 unspecified atom stereocenters. The van der Waals surface area contributed by atoms with Crippen molar-refractivity contribution in [1.29, 1.82) is 0 Å². The number of rotatable bonds is 4. The van der Waals surface area contributed by atoms with Gasteiger partial charge in [-0.3, -0.25) is 9.59 Å². The lowest BCUT2D eigenvalue weighted by Crippen LogP contribution is -2.35. The molecule has 2 saturated heterocycles. The van der Waals surface area contributed by atoms with Crippen molar-refractivity contribution >= 4 is 23.2 Å². The number of likely N-dealkylation sites (tertiary alicyclic amines) is 1. The summed E-state index contributed by atoms with van der Waals surface area (Å²) in [5.41, 5.74) is 2.51. The number of amides is 2. The molecule has 0 spiro atoms. The van der Waals surface area contributed by atoms with Crippen molar-refractivity contribution in [1.82, 2.24) is 10.2 Å². The number of aryl methyl sites for hydroxylation is 1. The zero-order valence-electron chi connectivity index (χ0n) is 14.7. The molecule has 1 N–H and O–H groups in total. The number of hydrogen-bond acceptors (Lipinski definition) is 4. The number of carbonyl (C=O) groups is 2. The molecule has 2 fully saturated rings. The number of hydrogen-bond donors (Lipinski definition) is 1. The minimum absolute atomic E-state index is 0.0413. The van der Waals surface area contributed by atoms with Gasteiger partial charge in [0.05, 0.1) is 12.7 Å². The van der Waals surface area contributed by atoms with Gasteiger partial charge >= 0.3 is 0 Å². The summed E-state index contributed by atoms with van der Waals surface area (Å²) in [5, 5.41) is 6.75. The topological polar surface area (TPSA) is 58.6 Å². The SMILES string of the molecule is Cc1cccc(C(=O)N2C[C@@H]3[C@H](CNC(=O)c4ccsc4)CO[C@@H]3C2)c1. The number of thiophene rings is 1. The van der Waals surface area contributed by atoms with Crippen molar-refractivity contribution in [3.8, 4) is 0 Å². The predicted molar refractivity (Wildman–Crippen MR) is 100 cm³/mol. The van der Waals surface area contributed by atoms with E-state index in [9.17, 15) is 9.59 Å². The standard InChI is InChI=1S/C20H22N2O3S/c1-13-3-2-4-14(7-13)20(24)22-9-17-16(11-25-18(17)10-22)8-21-19(23)15-5-6-26-12-15/h2-7,12,16-18H,8-11H2,1H3,(H,21,23)/t16-,17-,18-/m1/s1. The number of benzene rings is 1. The highest BCUT2D eigenvalue weighted by Gasteiger charge is 2.45. The van der Waals surface area contributed by atoms with Crippen LogP contribution in [-0.2, 0) is 4.74 Å². The Labute approximate surface area is 157 Å². The second kappa shape index (κ2) is 7.21. The first-order chi connectivity index (χ1) is 12.6. The van der Waals surface area contributed by atoms with Crippen molar-refractivity contribution in [2.75, 3.05) is 26.2 Å². The molecule has 0 aliphatic carbocycles. The Balaban J connectivity index is 1.36. The molecular weight excluding hydrogens is 348 g/mol. The molecule has 3 heterocycles. The third kappa shape index (κ3) is 3.39. The van der Waals surface area contributed by atoms with Crippen LogP contribution in [0.3, 0.4) is 0 Å². The third-order valence-corrected chi connectivity index (χ3v) is 5.98. The van der Waals surface area contributed by atoms with Gasteiger partial charge in [-0.25, -0.2) is 0 Å². The molecule has 0 saturated carbocycles. The van der Waals surface area contributed by atoms with E-state index >= 15 is 0 Å². The molecule has 3 atom stereocenters. The summed E-state index contributed by atoms with van der Waals surface area (Å²) in [6.45, 7) is 4.54. The molecule has 6 heteroatoms. The highest BCUT2D eigenvalue weighted by molar-refractivity contribution is 7.08. The fourth-order valence-corrected chi connectivity index (χ4v) is 4.49. The summed E-state index contributed by atoms with van der Waals surface area (Å²) in [6, 6.07) is 9.52. The molecule has 2 aliphatic rings. The average Bonchev–Trinajstić information content (AvgIpc) is 3.36. The lowest BCUT2D eigenvalue weighted by molar-refractivity contribution is 0.0674. The van der Waals surface area contributed by atoms with E-state index in [2.05, 4.69) is 5.32 Å². The smallest absolute Gasteiger partial charge is 0.253 e. The predicted octanol–water partition coefficient (Wildman–Crippen LogP) is 2.57. The maximum absolute atomic E-state index is 12.8. The molecule has 26 heavy (non-hydrogen) atoms. The van der Waals surface area contributed by atoms with Gasteiger partial charge in [0.1, 0.15) is 0 Å². The molecule has 2 amide bonds. The van der Waals surface area contributed by atoms with Crippen LogP contribution in [0.25, 0.3) is 0 Å². The van der Waals surface area contributed by atoms with Gasteiger partial charge < -0.3 is 15.0 Å². The van der Waals surface area contributed by atoms with Crippen LogP contribution in [0, 0.1) is 18.8 Å². The van der Waals surface area contributed by atoms with Crippen molar-refractivity contribution in [3.05, 3.63) is 57.8 Å². The fourth-order valence-electron chi connectivity index (χ4n) is 3.86. The molecule has 1 aromatic carbocycles. The summed E-state index contributed by atoms with van der Waals surface area (Å²) in [6.07, 6.45) is 0.0757. The first-order valence-corrected chi connectivity index (χ1v) is 9.84. The highest BCUT2D eigenvalue weighted by atomic mass is 32.1. The van der Waals surface area contributed by atoms with Crippen molar-refractivity contribution in [3.63, 3.8) is 0 Å². The number of carbonyl (C=O) groups excluding carboxylic acids is 2. The number of nitrogens with zero attached hydrogens (tertiary/aromatic N) is 1. The van der Waals surface area contributed by atoms with Gasteiger partial charge in [0.2, 0.25) is 0 Å². The lowest BCUT2D eigenvalue weighted by atomic mass is 9.93. The van der Waals surface area contributed by atoms with E-state index in [4.69, 9.17) is 4.74 Å². The van der Waals surface area contributed by atoms with Crippen LogP contribution in [0.5, 0.6) is 0 Å². The van der Waals surface area contributed by atoms with Gasteiger partial charge in [0.25, 0.3) is 11.8 Å². The van der Waals surface area contributed by atoms with Crippen LogP contribution in [0.15, 0.2) is 41.1 Å². The van der Waals surface area contributed by atoms with Gasteiger partial charge in [-0.1, -0.05) is 17.7 Å². The Hall–Kier alpha value is -2.18. The number of fused-ring (bicyclic) bond motifs is 1. The molecule has 1 aromatic heterocycles. The van der Waals surface area contributed by atoms with Crippen molar-refractivity contribution < 1.29 is 14.3 Å². The fraction of sp³-hybridized carbons (Fsp3) is 0.400. The van der Waals surface area contributed by atoms with Crippen LogP contribution in [0.4, 0.5) is 0 Å². The van der Waals surface area contributed by atoms with Crippen LogP contribution in [0.2, 0.25) is 0 Å².